The Labute approximate surface area is 76.1 Å². The minimum Gasteiger partial charge on any atom is -0.367 e. The van der Waals surface area contributed by atoms with Crippen molar-refractivity contribution in [2.75, 3.05) is 5.73 Å². The molecule has 0 spiro atoms. The maximum absolute atomic E-state index is 11.2. The maximum atomic E-state index is 11.2. The normalized spacial score (nSPS) is 10.4. The van der Waals surface area contributed by atoms with Crippen LogP contribution in [0.15, 0.2) is 6.33 Å². The van der Waals surface area contributed by atoms with Crippen molar-refractivity contribution >= 4 is 11.9 Å². The summed E-state index contributed by atoms with van der Waals surface area (Å²) in [5.74, 6) is 0.0808. The third-order valence-corrected chi connectivity index (χ3v) is 1.31. The van der Waals surface area contributed by atoms with Gasteiger partial charge in [0.25, 0.3) is 0 Å². The molecule has 1 aromatic rings. The Hall–Kier alpha value is -1.59. The van der Waals surface area contributed by atoms with Gasteiger partial charge in [-0.05, 0) is 13.8 Å². The lowest BCUT2D eigenvalue weighted by atomic mass is 10.4. The van der Waals surface area contributed by atoms with Crippen LogP contribution in [0.4, 0.5) is 5.95 Å². The number of nitrogens with zero attached hydrogens (tertiary/aromatic N) is 3. The van der Waals surface area contributed by atoms with Crippen molar-refractivity contribution < 1.29 is 4.79 Å². The Morgan fingerprint density at radius 3 is 2.92 bits per heavy atom. The number of rotatable bonds is 3. The van der Waals surface area contributed by atoms with E-state index in [0.717, 1.165) is 0 Å². The predicted molar refractivity (Wildman–Crippen MR) is 47.7 cm³/mol. The van der Waals surface area contributed by atoms with Gasteiger partial charge in [-0.1, -0.05) is 0 Å². The van der Waals surface area contributed by atoms with Gasteiger partial charge in [-0.3, -0.25) is 4.79 Å². The van der Waals surface area contributed by atoms with Crippen LogP contribution in [0.2, 0.25) is 0 Å². The van der Waals surface area contributed by atoms with E-state index in [9.17, 15) is 4.79 Å². The molecule has 0 radical (unpaired) electrons. The quantitative estimate of drug-likeness (QED) is 0.654. The Kier molecular flexibility index (Phi) is 2.84. The van der Waals surface area contributed by atoms with E-state index >= 15 is 0 Å². The SMILES string of the molecule is CC(C)NC(=O)Cn1cnc(N)n1. The summed E-state index contributed by atoms with van der Waals surface area (Å²) in [4.78, 5) is 14.9. The molecule has 1 heterocycles. The Balaban J connectivity index is 2.45. The first-order valence-electron chi connectivity index (χ1n) is 4.02. The summed E-state index contributed by atoms with van der Waals surface area (Å²) in [5.41, 5.74) is 5.28. The van der Waals surface area contributed by atoms with Crippen molar-refractivity contribution in [2.24, 2.45) is 0 Å². The first-order valence-corrected chi connectivity index (χ1v) is 4.02. The van der Waals surface area contributed by atoms with Gasteiger partial charge >= 0.3 is 0 Å². The van der Waals surface area contributed by atoms with Gasteiger partial charge in [-0.15, -0.1) is 5.10 Å². The first-order chi connectivity index (χ1) is 6.08. The number of hydrogen-bond donors (Lipinski definition) is 2. The summed E-state index contributed by atoms with van der Waals surface area (Å²) in [6.07, 6.45) is 1.43. The third kappa shape index (κ3) is 3.10. The van der Waals surface area contributed by atoms with Crippen LogP contribution in [-0.2, 0) is 11.3 Å². The van der Waals surface area contributed by atoms with Crippen LogP contribution in [0.5, 0.6) is 0 Å². The first kappa shape index (κ1) is 9.50. The van der Waals surface area contributed by atoms with Crippen molar-refractivity contribution in [3.8, 4) is 0 Å². The van der Waals surface area contributed by atoms with Crippen molar-refractivity contribution in [1.82, 2.24) is 20.1 Å². The number of anilines is 1. The van der Waals surface area contributed by atoms with Gasteiger partial charge in [-0.25, -0.2) is 9.67 Å². The standard InChI is InChI=1S/C7H13N5O/c1-5(2)10-6(13)3-12-4-9-7(8)11-12/h4-5H,3H2,1-2H3,(H2,8,11)(H,10,13). The molecule has 13 heavy (non-hydrogen) atoms. The van der Waals surface area contributed by atoms with Crippen LogP contribution in [0.1, 0.15) is 13.8 Å². The number of nitrogen functional groups attached to an aromatic ring is 1. The molecule has 0 aliphatic heterocycles. The number of aromatic nitrogens is 3. The van der Waals surface area contributed by atoms with E-state index in [2.05, 4.69) is 15.4 Å². The highest BCUT2D eigenvalue weighted by atomic mass is 16.2. The summed E-state index contributed by atoms with van der Waals surface area (Å²) >= 11 is 0. The molecule has 72 valence electrons. The van der Waals surface area contributed by atoms with Gasteiger partial charge in [0.2, 0.25) is 11.9 Å². The van der Waals surface area contributed by atoms with E-state index in [1.807, 2.05) is 13.8 Å². The second-order valence-corrected chi connectivity index (χ2v) is 3.02. The highest BCUT2D eigenvalue weighted by Gasteiger charge is 2.04. The Morgan fingerprint density at radius 2 is 2.46 bits per heavy atom. The molecule has 0 aliphatic carbocycles. The fraction of sp³-hybridized carbons (Fsp3) is 0.571. The largest absolute Gasteiger partial charge is 0.367 e. The van der Waals surface area contributed by atoms with E-state index in [0.29, 0.717) is 0 Å². The lowest BCUT2D eigenvalue weighted by molar-refractivity contribution is -0.122. The molecule has 0 bridgehead atoms. The molecule has 6 nitrogen and oxygen atoms in total. The van der Waals surface area contributed by atoms with E-state index in [4.69, 9.17) is 5.73 Å². The highest BCUT2D eigenvalue weighted by Crippen LogP contribution is 1.89. The van der Waals surface area contributed by atoms with E-state index in [1.165, 1.54) is 11.0 Å². The van der Waals surface area contributed by atoms with Crippen LogP contribution < -0.4 is 11.1 Å². The summed E-state index contributed by atoms with van der Waals surface area (Å²) < 4.78 is 1.40. The van der Waals surface area contributed by atoms with Gasteiger partial charge in [0.1, 0.15) is 12.9 Å². The van der Waals surface area contributed by atoms with E-state index in [-0.39, 0.29) is 24.4 Å². The molecule has 0 aromatic carbocycles. The number of carbonyl (C=O) groups excluding carboxylic acids is 1. The van der Waals surface area contributed by atoms with Gasteiger partial charge in [-0.2, -0.15) is 0 Å². The molecule has 6 heteroatoms. The zero-order chi connectivity index (χ0) is 9.84. The lowest BCUT2D eigenvalue weighted by Gasteiger charge is -2.07. The zero-order valence-corrected chi connectivity index (χ0v) is 7.69. The topological polar surface area (TPSA) is 85.8 Å². The van der Waals surface area contributed by atoms with Crippen LogP contribution in [-0.4, -0.2) is 26.7 Å². The fourth-order valence-electron chi connectivity index (χ4n) is 0.900. The monoisotopic (exact) mass is 183 g/mol. The van der Waals surface area contributed by atoms with E-state index in [1.54, 1.807) is 0 Å². The second kappa shape index (κ2) is 3.88. The Bertz CT molecular complexity index is 293. The fourth-order valence-corrected chi connectivity index (χ4v) is 0.900. The molecular formula is C7H13N5O. The summed E-state index contributed by atoms with van der Waals surface area (Å²) in [6.45, 7) is 3.95. The molecule has 1 amide bonds. The number of nitrogens with two attached hydrogens (primary N) is 1. The molecular weight excluding hydrogens is 170 g/mol. The molecule has 3 N–H and O–H groups in total. The van der Waals surface area contributed by atoms with Crippen molar-refractivity contribution in [2.45, 2.75) is 26.4 Å². The van der Waals surface area contributed by atoms with Crippen molar-refractivity contribution in [3.63, 3.8) is 0 Å². The van der Waals surface area contributed by atoms with Gasteiger partial charge < -0.3 is 11.1 Å². The zero-order valence-electron chi connectivity index (χ0n) is 7.69. The van der Waals surface area contributed by atoms with E-state index < -0.39 is 0 Å². The number of nitrogens with one attached hydrogen (secondary N) is 1. The predicted octanol–water partition coefficient (Wildman–Crippen LogP) is -0.615. The minimum atomic E-state index is -0.0973. The highest BCUT2D eigenvalue weighted by molar-refractivity contribution is 5.75. The number of hydrogen-bond acceptors (Lipinski definition) is 4. The average Bonchev–Trinajstić information content (AvgIpc) is 2.33. The van der Waals surface area contributed by atoms with Crippen LogP contribution >= 0.6 is 0 Å². The van der Waals surface area contributed by atoms with Gasteiger partial charge in [0, 0.05) is 6.04 Å². The van der Waals surface area contributed by atoms with Gasteiger partial charge in [0.05, 0.1) is 0 Å². The van der Waals surface area contributed by atoms with Crippen molar-refractivity contribution in [3.05, 3.63) is 6.33 Å². The summed E-state index contributed by atoms with van der Waals surface area (Å²) in [7, 11) is 0. The maximum Gasteiger partial charge on any atom is 0.242 e. The molecule has 0 aliphatic rings. The Morgan fingerprint density at radius 1 is 1.77 bits per heavy atom. The van der Waals surface area contributed by atoms with Crippen LogP contribution in [0.3, 0.4) is 0 Å². The number of amides is 1. The smallest absolute Gasteiger partial charge is 0.242 e. The average molecular weight is 183 g/mol. The molecule has 0 fully saturated rings. The molecule has 1 rings (SSSR count). The molecule has 0 saturated carbocycles. The van der Waals surface area contributed by atoms with Crippen LogP contribution in [0.25, 0.3) is 0 Å². The molecule has 1 aromatic heterocycles. The lowest BCUT2D eigenvalue weighted by Crippen LogP contribution is -2.33. The molecule has 0 saturated heterocycles. The number of carbonyl (C=O) groups is 1. The molecule has 0 atom stereocenters. The summed E-state index contributed by atoms with van der Waals surface area (Å²) in [5, 5.41) is 6.51. The minimum absolute atomic E-state index is 0.0973. The van der Waals surface area contributed by atoms with Gasteiger partial charge in [0.15, 0.2) is 0 Å². The van der Waals surface area contributed by atoms with Crippen LogP contribution in [0, 0.1) is 0 Å². The second-order valence-electron chi connectivity index (χ2n) is 3.02. The molecule has 0 unspecified atom stereocenters. The third-order valence-electron chi connectivity index (χ3n) is 1.31. The summed E-state index contributed by atoms with van der Waals surface area (Å²) in [6, 6.07) is 0.133. The van der Waals surface area contributed by atoms with Crippen molar-refractivity contribution in [1.29, 1.82) is 0 Å².